The molecule has 0 spiro atoms. The van der Waals surface area contributed by atoms with Crippen molar-refractivity contribution >= 4 is 17.4 Å². The van der Waals surface area contributed by atoms with Gasteiger partial charge in [0.1, 0.15) is 0 Å². The number of allylic oxidation sites excluding steroid dienone is 4. The number of carbonyl (C=O) groups is 1. The van der Waals surface area contributed by atoms with E-state index in [2.05, 4.69) is 6.92 Å². The van der Waals surface area contributed by atoms with Crippen molar-refractivity contribution < 1.29 is 4.79 Å². The van der Waals surface area contributed by atoms with Gasteiger partial charge in [-0.15, -0.1) is 0 Å². The molecule has 0 radical (unpaired) electrons. The van der Waals surface area contributed by atoms with Gasteiger partial charge in [-0.2, -0.15) is 0 Å². The lowest BCUT2D eigenvalue weighted by molar-refractivity contribution is -0.115. The van der Waals surface area contributed by atoms with Crippen molar-refractivity contribution in [1.82, 2.24) is 0 Å². The van der Waals surface area contributed by atoms with E-state index in [1.807, 2.05) is 32.9 Å². The Kier molecular flexibility index (Phi) is 7.41. The van der Waals surface area contributed by atoms with Gasteiger partial charge in [0.25, 0.3) is 0 Å². The molecule has 0 saturated carbocycles. The van der Waals surface area contributed by atoms with E-state index in [4.69, 9.17) is 11.6 Å². The standard InChI is InChI=1S/C13H21ClO/c1-5-7-9-12(15)11(4)13(14)10(3)8-6-2/h6,8,10H,5,7,9H2,1-4H3/b8-6-,13-11-. The lowest BCUT2D eigenvalue weighted by Crippen LogP contribution is -2.04. The molecule has 86 valence electrons. The zero-order chi connectivity index (χ0) is 11.8. The van der Waals surface area contributed by atoms with E-state index in [1.165, 1.54) is 0 Å². The first-order valence-corrected chi connectivity index (χ1v) is 5.94. The molecule has 1 atom stereocenters. The SMILES string of the molecule is C/C=C\C(C)/C(Cl)=C(\C)C(=O)CCCC. The summed E-state index contributed by atoms with van der Waals surface area (Å²) in [4.78, 5) is 11.7. The van der Waals surface area contributed by atoms with Crippen molar-refractivity contribution in [2.45, 2.75) is 47.0 Å². The summed E-state index contributed by atoms with van der Waals surface area (Å²) in [5.74, 6) is 0.320. The van der Waals surface area contributed by atoms with Gasteiger partial charge in [-0.3, -0.25) is 4.79 Å². The summed E-state index contributed by atoms with van der Waals surface area (Å²) in [5.41, 5.74) is 0.718. The van der Waals surface area contributed by atoms with E-state index in [0.717, 1.165) is 18.4 Å². The van der Waals surface area contributed by atoms with Crippen LogP contribution >= 0.6 is 11.6 Å². The first kappa shape index (κ1) is 14.4. The molecule has 2 heteroatoms. The third-order valence-corrected chi connectivity index (χ3v) is 3.04. The van der Waals surface area contributed by atoms with E-state index in [0.29, 0.717) is 11.5 Å². The van der Waals surface area contributed by atoms with Crippen LogP contribution in [0, 0.1) is 5.92 Å². The predicted octanol–water partition coefficient (Wildman–Crippen LogP) is 4.47. The molecule has 0 aliphatic rings. The van der Waals surface area contributed by atoms with Crippen LogP contribution in [-0.2, 0) is 4.79 Å². The highest BCUT2D eigenvalue weighted by Crippen LogP contribution is 2.22. The molecular weight excluding hydrogens is 208 g/mol. The second kappa shape index (κ2) is 7.70. The Morgan fingerprint density at radius 2 is 2.07 bits per heavy atom. The van der Waals surface area contributed by atoms with Gasteiger partial charge in [-0.25, -0.2) is 0 Å². The van der Waals surface area contributed by atoms with Crippen LogP contribution in [0.15, 0.2) is 22.8 Å². The Labute approximate surface area is 98.2 Å². The lowest BCUT2D eigenvalue weighted by Gasteiger charge is -2.09. The quantitative estimate of drug-likeness (QED) is 0.484. The van der Waals surface area contributed by atoms with Gasteiger partial charge in [-0.1, -0.05) is 44.0 Å². The monoisotopic (exact) mass is 228 g/mol. The molecule has 0 saturated heterocycles. The van der Waals surface area contributed by atoms with Crippen molar-refractivity contribution in [1.29, 1.82) is 0 Å². The van der Waals surface area contributed by atoms with E-state index in [1.54, 1.807) is 0 Å². The molecule has 0 heterocycles. The van der Waals surface area contributed by atoms with Crippen LogP contribution in [0.3, 0.4) is 0 Å². The lowest BCUT2D eigenvalue weighted by atomic mass is 10.0. The second-order valence-electron chi connectivity index (χ2n) is 3.81. The van der Waals surface area contributed by atoms with E-state index >= 15 is 0 Å². The maximum atomic E-state index is 11.7. The Morgan fingerprint density at radius 1 is 1.47 bits per heavy atom. The van der Waals surface area contributed by atoms with Crippen LogP contribution in [0.1, 0.15) is 47.0 Å². The molecule has 0 aliphatic heterocycles. The van der Waals surface area contributed by atoms with Gasteiger partial charge >= 0.3 is 0 Å². The summed E-state index contributed by atoms with van der Waals surface area (Å²) in [5, 5.41) is 0.675. The fourth-order valence-corrected chi connectivity index (χ4v) is 1.55. The minimum atomic E-state index is 0.141. The molecule has 0 bridgehead atoms. The summed E-state index contributed by atoms with van der Waals surface area (Å²) in [6.45, 7) is 7.85. The maximum Gasteiger partial charge on any atom is 0.159 e. The number of rotatable bonds is 6. The minimum absolute atomic E-state index is 0.141. The van der Waals surface area contributed by atoms with Gasteiger partial charge in [-0.05, 0) is 20.3 Å². The Hall–Kier alpha value is -0.560. The highest BCUT2D eigenvalue weighted by atomic mass is 35.5. The molecule has 0 N–H and O–H groups in total. The predicted molar refractivity (Wildman–Crippen MR) is 67.1 cm³/mol. The van der Waals surface area contributed by atoms with Gasteiger partial charge in [0, 0.05) is 22.9 Å². The van der Waals surface area contributed by atoms with Crippen LogP contribution in [-0.4, -0.2) is 5.78 Å². The van der Waals surface area contributed by atoms with Crippen LogP contribution in [0.4, 0.5) is 0 Å². The fourth-order valence-electron chi connectivity index (χ4n) is 1.37. The highest BCUT2D eigenvalue weighted by molar-refractivity contribution is 6.32. The zero-order valence-electron chi connectivity index (χ0n) is 10.1. The number of ketones is 1. The minimum Gasteiger partial charge on any atom is -0.295 e. The highest BCUT2D eigenvalue weighted by Gasteiger charge is 2.12. The molecule has 0 rings (SSSR count). The third-order valence-electron chi connectivity index (χ3n) is 2.41. The van der Waals surface area contributed by atoms with E-state index in [9.17, 15) is 4.79 Å². The molecule has 1 nitrogen and oxygen atoms in total. The number of hydrogen-bond donors (Lipinski definition) is 0. The smallest absolute Gasteiger partial charge is 0.159 e. The summed E-state index contributed by atoms with van der Waals surface area (Å²) in [6.07, 6.45) is 6.55. The average Bonchev–Trinajstić information content (AvgIpc) is 2.24. The summed E-state index contributed by atoms with van der Waals surface area (Å²) >= 11 is 6.14. The van der Waals surface area contributed by atoms with Crippen molar-refractivity contribution in [2.24, 2.45) is 5.92 Å². The molecule has 15 heavy (non-hydrogen) atoms. The topological polar surface area (TPSA) is 17.1 Å². The Morgan fingerprint density at radius 3 is 2.53 bits per heavy atom. The zero-order valence-corrected chi connectivity index (χ0v) is 10.9. The molecule has 0 fully saturated rings. The van der Waals surface area contributed by atoms with Crippen LogP contribution in [0.2, 0.25) is 0 Å². The molecular formula is C13H21ClO. The van der Waals surface area contributed by atoms with Crippen molar-refractivity contribution in [3.8, 4) is 0 Å². The second-order valence-corrected chi connectivity index (χ2v) is 4.22. The molecule has 0 amide bonds. The van der Waals surface area contributed by atoms with Crippen LogP contribution in [0.5, 0.6) is 0 Å². The van der Waals surface area contributed by atoms with Crippen LogP contribution in [0.25, 0.3) is 0 Å². The van der Waals surface area contributed by atoms with Crippen molar-refractivity contribution in [3.05, 3.63) is 22.8 Å². The number of carbonyl (C=O) groups excluding carboxylic acids is 1. The maximum absolute atomic E-state index is 11.7. The Balaban J connectivity index is 4.55. The fraction of sp³-hybridized carbons (Fsp3) is 0.615. The van der Waals surface area contributed by atoms with Crippen molar-refractivity contribution in [2.75, 3.05) is 0 Å². The average molecular weight is 229 g/mol. The van der Waals surface area contributed by atoms with Gasteiger partial charge in [0.2, 0.25) is 0 Å². The Bertz CT molecular complexity index is 264. The summed E-state index contributed by atoms with van der Waals surface area (Å²) in [7, 11) is 0. The normalized spacial score (nSPS) is 15.3. The number of hydrogen-bond acceptors (Lipinski definition) is 1. The van der Waals surface area contributed by atoms with E-state index < -0.39 is 0 Å². The van der Waals surface area contributed by atoms with Gasteiger partial charge in [0.05, 0.1) is 0 Å². The number of unbranched alkanes of at least 4 members (excludes halogenated alkanes) is 1. The van der Waals surface area contributed by atoms with Gasteiger partial charge < -0.3 is 0 Å². The molecule has 0 aromatic rings. The van der Waals surface area contributed by atoms with Gasteiger partial charge in [0.15, 0.2) is 5.78 Å². The molecule has 0 aromatic heterocycles. The largest absolute Gasteiger partial charge is 0.295 e. The van der Waals surface area contributed by atoms with Crippen LogP contribution < -0.4 is 0 Å². The van der Waals surface area contributed by atoms with Crippen molar-refractivity contribution in [3.63, 3.8) is 0 Å². The molecule has 0 aromatic carbocycles. The first-order chi connectivity index (χ1) is 7.04. The third kappa shape index (κ3) is 5.17. The molecule has 1 unspecified atom stereocenters. The van der Waals surface area contributed by atoms with E-state index in [-0.39, 0.29) is 11.7 Å². The molecule has 0 aliphatic carbocycles. The number of Topliss-reactive ketones (excluding diaryl/α,β-unsaturated/α-hetero) is 1. The number of halogens is 1. The summed E-state index contributed by atoms with van der Waals surface area (Å²) in [6, 6.07) is 0. The first-order valence-electron chi connectivity index (χ1n) is 5.56. The summed E-state index contributed by atoms with van der Waals surface area (Å²) < 4.78 is 0.